The molecule has 64 valence electrons. The Morgan fingerprint density at radius 2 is 2.50 bits per heavy atom. The van der Waals surface area contributed by atoms with E-state index in [-0.39, 0.29) is 0 Å². The third kappa shape index (κ3) is 0.829. The summed E-state index contributed by atoms with van der Waals surface area (Å²) in [4.78, 5) is 0. The molecule has 3 heteroatoms. The zero-order valence-corrected chi connectivity index (χ0v) is 6.86. The van der Waals surface area contributed by atoms with Gasteiger partial charge in [-0.25, -0.2) is 0 Å². The predicted octanol–water partition coefficient (Wildman–Crippen LogP) is 1.28. The Balaban J connectivity index is 1.87. The van der Waals surface area contributed by atoms with E-state index in [2.05, 4.69) is 10.5 Å². The van der Waals surface area contributed by atoms with E-state index in [4.69, 9.17) is 4.52 Å². The van der Waals surface area contributed by atoms with Gasteiger partial charge in [-0.3, -0.25) is 0 Å². The summed E-state index contributed by atoms with van der Waals surface area (Å²) >= 11 is 0. The van der Waals surface area contributed by atoms with Gasteiger partial charge in [0.25, 0.3) is 0 Å². The van der Waals surface area contributed by atoms with Crippen LogP contribution in [-0.2, 0) is 0 Å². The minimum atomic E-state index is 0.613. The van der Waals surface area contributed by atoms with E-state index < -0.39 is 0 Å². The largest absolute Gasteiger partial charge is 0.365 e. The van der Waals surface area contributed by atoms with Gasteiger partial charge in [-0.05, 0) is 19.3 Å². The normalized spacial score (nSPS) is 39.2. The minimum absolute atomic E-state index is 0.613. The van der Waals surface area contributed by atoms with Crippen LogP contribution in [0.2, 0.25) is 0 Å². The van der Waals surface area contributed by atoms with Gasteiger partial charge >= 0.3 is 0 Å². The maximum Gasteiger partial charge on any atom is 0.124 e. The van der Waals surface area contributed by atoms with Gasteiger partial charge in [-0.15, -0.1) is 0 Å². The summed E-state index contributed by atoms with van der Waals surface area (Å²) in [5.74, 6) is 0.613. The number of nitrogens with one attached hydrogen (secondary N) is 1. The number of rotatable bonds is 1. The molecule has 0 amide bonds. The van der Waals surface area contributed by atoms with Gasteiger partial charge in [-0.2, -0.15) is 0 Å². The molecule has 0 aliphatic carbocycles. The Morgan fingerprint density at radius 1 is 1.50 bits per heavy atom. The first-order chi connectivity index (χ1) is 5.93. The lowest BCUT2D eigenvalue weighted by Crippen LogP contribution is -2.21. The van der Waals surface area contributed by atoms with Crippen LogP contribution in [0, 0.1) is 0 Å². The highest BCUT2D eigenvalue weighted by molar-refractivity contribution is 5.15. The van der Waals surface area contributed by atoms with E-state index in [1.807, 2.05) is 6.07 Å². The van der Waals surface area contributed by atoms with Gasteiger partial charge in [0.15, 0.2) is 0 Å². The van der Waals surface area contributed by atoms with Crippen molar-refractivity contribution in [1.29, 1.82) is 0 Å². The van der Waals surface area contributed by atoms with Crippen molar-refractivity contribution in [3.8, 4) is 0 Å². The van der Waals surface area contributed by atoms with Crippen LogP contribution in [-0.4, -0.2) is 17.2 Å². The first kappa shape index (κ1) is 6.66. The van der Waals surface area contributed by atoms with Crippen LogP contribution >= 0.6 is 0 Å². The molecular weight excluding hydrogens is 152 g/mol. The molecule has 0 saturated carbocycles. The van der Waals surface area contributed by atoms with E-state index in [1.165, 1.54) is 19.3 Å². The van der Waals surface area contributed by atoms with Crippen LogP contribution in [0.5, 0.6) is 0 Å². The molecule has 0 radical (unpaired) electrons. The molecule has 0 aromatic carbocycles. The van der Waals surface area contributed by atoms with Gasteiger partial charge in [0.2, 0.25) is 0 Å². The summed E-state index contributed by atoms with van der Waals surface area (Å²) in [5, 5.41) is 7.59. The second-order valence-electron chi connectivity index (χ2n) is 3.81. The average molecular weight is 164 g/mol. The zero-order chi connectivity index (χ0) is 7.97. The van der Waals surface area contributed by atoms with E-state index in [1.54, 1.807) is 6.26 Å². The first-order valence-electron chi connectivity index (χ1n) is 4.60. The van der Waals surface area contributed by atoms with Crippen molar-refractivity contribution >= 4 is 0 Å². The molecule has 0 spiro atoms. The maximum absolute atomic E-state index is 4.86. The molecule has 3 heterocycles. The Kier molecular flexibility index (Phi) is 1.29. The van der Waals surface area contributed by atoms with E-state index >= 15 is 0 Å². The molecule has 2 saturated heterocycles. The zero-order valence-electron chi connectivity index (χ0n) is 6.86. The van der Waals surface area contributed by atoms with Crippen molar-refractivity contribution in [3.05, 3.63) is 18.0 Å². The highest BCUT2D eigenvalue weighted by atomic mass is 16.5. The van der Waals surface area contributed by atoms with Crippen molar-refractivity contribution in [2.45, 2.75) is 37.3 Å². The van der Waals surface area contributed by atoms with Gasteiger partial charge in [0, 0.05) is 24.1 Å². The Labute approximate surface area is 71.1 Å². The molecule has 3 atom stereocenters. The van der Waals surface area contributed by atoms with Crippen molar-refractivity contribution < 1.29 is 4.52 Å². The third-order valence-electron chi connectivity index (χ3n) is 3.14. The standard InChI is InChI=1S/C9H12N2O/c1-2-8-7(5-6(1)10-8)9-3-4-12-11-9/h3-4,6-8,10H,1-2,5H2. The second kappa shape index (κ2) is 2.33. The minimum Gasteiger partial charge on any atom is -0.365 e. The molecule has 3 nitrogen and oxygen atoms in total. The number of nitrogens with zero attached hydrogens (tertiary/aromatic N) is 1. The topological polar surface area (TPSA) is 38.1 Å². The number of hydrogen-bond acceptors (Lipinski definition) is 3. The molecule has 1 N–H and O–H groups in total. The third-order valence-corrected chi connectivity index (χ3v) is 3.14. The van der Waals surface area contributed by atoms with E-state index in [0.29, 0.717) is 12.0 Å². The summed E-state index contributed by atoms with van der Waals surface area (Å²) in [5.41, 5.74) is 1.13. The van der Waals surface area contributed by atoms with Gasteiger partial charge in [0.1, 0.15) is 6.26 Å². The monoisotopic (exact) mass is 164 g/mol. The van der Waals surface area contributed by atoms with Crippen LogP contribution < -0.4 is 5.32 Å². The van der Waals surface area contributed by atoms with Gasteiger partial charge in [0.05, 0.1) is 5.69 Å². The molecule has 12 heavy (non-hydrogen) atoms. The Hall–Kier alpha value is -0.830. The van der Waals surface area contributed by atoms with Crippen LogP contribution in [0.1, 0.15) is 30.9 Å². The summed E-state index contributed by atoms with van der Waals surface area (Å²) in [7, 11) is 0. The van der Waals surface area contributed by atoms with Crippen molar-refractivity contribution in [2.24, 2.45) is 0 Å². The smallest absolute Gasteiger partial charge is 0.124 e. The van der Waals surface area contributed by atoms with Crippen LogP contribution in [0.4, 0.5) is 0 Å². The lowest BCUT2D eigenvalue weighted by Gasteiger charge is -2.16. The van der Waals surface area contributed by atoms with Crippen LogP contribution in [0.25, 0.3) is 0 Å². The van der Waals surface area contributed by atoms with Gasteiger partial charge in [-0.1, -0.05) is 5.16 Å². The SMILES string of the molecule is c1cc(C2CC3CCC2N3)no1. The summed E-state index contributed by atoms with van der Waals surface area (Å²) in [6.07, 6.45) is 5.57. The lowest BCUT2D eigenvalue weighted by molar-refractivity contribution is 0.393. The second-order valence-corrected chi connectivity index (χ2v) is 3.81. The van der Waals surface area contributed by atoms with Gasteiger partial charge < -0.3 is 9.84 Å². The molecule has 1 aromatic heterocycles. The molecule has 2 aliphatic rings. The molecule has 2 fully saturated rings. The maximum atomic E-state index is 4.86. The molecule has 3 unspecified atom stereocenters. The summed E-state index contributed by atoms with van der Waals surface area (Å²) in [6, 6.07) is 3.41. The summed E-state index contributed by atoms with van der Waals surface area (Å²) < 4.78 is 4.86. The first-order valence-corrected chi connectivity index (χ1v) is 4.60. The molecule has 2 aliphatic heterocycles. The van der Waals surface area contributed by atoms with Crippen molar-refractivity contribution in [1.82, 2.24) is 10.5 Å². The predicted molar refractivity (Wildman–Crippen MR) is 43.8 cm³/mol. The van der Waals surface area contributed by atoms with Crippen molar-refractivity contribution in [3.63, 3.8) is 0 Å². The fourth-order valence-corrected chi connectivity index (χ4v) is 2.56. The molecular formula is C9H12N2O. The van der Waals surface area contributed by atoms with Crippen molar-refractivity contribution in [2.75, 3.05) is 0 Å². The number of aromatic nitrogens is 1. The Morgan fingerprint density at radius 3 is 3.08 bits per heavy atom. The Bertz CT molecular complexity index is 270. The molecule has 3 rings (SSSR count). The van der Waals surface area contributed by atoms with E-state index in [9.17, 15) is 0 Å². The van der Waals surface area contributed by atoms with Crippen LogP contribution in [0.3, 0.4) is 0 Å². The quantitative estimate of drug-likeness (QED) is 0.679. The van der Waals surface area contributed by atoms with E-state index in [0.717, 1.165) is 11.7 Å². The highest BCUT2D eigenvalue weighted by Gasteiger charge is 2.40. The number of fused-ring (bicyclic) bond motifs is 2. The average Bonchev–Trinajstić information content (AvgIpc) is 2.81. The highest BCUT2D eigenvalue weighted by Crippen LogP contribution is 2.38. The fourth-order valence-electron chi connectivity index (χ4n) is 2.56. The number of hydrogen-bond donors (Lipinski definition) is 1. The molecule has 1 aromatic rings. The molecule has 2 bridgehead atoms. The van der Waals surface area contributed by atoms with Crippen LogP contribution in [0.15, 0.2) is 16.9 Å². The summed E-state index contributed by atoms with van der Waals surface area (Å²) in [6.45, 7) is 0. The lowest BCUT2D eigenvalue weighted by atomic mass is 9.87. The fraction of sp³-hybridized carbons (Fsp3) is 0.667.